The summed E-state index contributed by atoms with van der Waals surface area (Å²) >= 11 is 0. The van der Waals surface area contributed by atoms with Crippen LogP contribution in [0, 0.1) is 23.7 Å². The SMILES string of the molecule is C1=CCC(C2(c3ccccc3)c3cc(NC4=CC=CC5OC6CCCCC6C45)ccc3C3C=CC=CC32)C=C1. The highest BCUT2D eigenvalue weighted by atomic mass is 16.5. The molecular weight excluding hydrogens is 474 g/mol. The van der Waals surface area contributed by atoms with Gasteiger partial charge in [0.2, 0.25) is 0 Å². The Balaban J connectivity index is 1.24. The molecule has 0 radical (unpaired) electrons. The summed E-state index contributed by atoms with van der Waals surface area (Å²) < 4.78 is 6.55. The molecule has 1 saturated carbocycles. The van der Waals surface area contributed by atoms with Crippen LogP contribution < -0.4 is 5.32 Å². The Morgan fingerprint density at radius 3 is 2.59 bits per heavy atom. The third-order valence-corrected chi connectivity index (χ3v) is 10.5. The number of rotatable bonds is 4. The number of anilines is 1. The van der Waals surface area contributed by atoms with Crippen molar-refractivity contribution in [2.24, 2.45) is 23.7 Å². The summed E-state index contributed by atoms with van der Waals surface area (Å²) in [6.45, 7) is 0. The van der Waals surface area contributed by atoms with Gasteiger partial charge in [0, 0.05) is 34.6 Å². The highest BCUT2D eigenvalue weighted by Gasteiger charge is 2.55. The third-order valence-electron chi connectivity index (χ3n) is 10.5. The Morgan fingerprint density at radius 2 is 1.69 bits per heavy atom. The zero-order chi connectivity index (χ0) is 25.8. The van der Waals surface area contributed by atoms with Crippen LogP contribution in [0.4, 0.5) is 5.69 Å². The van der Waals surface area contributed by atoms with Crippen LogP contribution in [0.25, 0.3) is 0 Å². The van der Waals surface area contributed by atoms with E-state index in [1.165, 1.54) is 53.8 Å². The van der Waals surface area contributed by atoms with Gasteiger partial charge in [-0.2, -0.15) is 0 Å². The van der Waals surface area contributed by atoms with Gasteiger partial charge in [0.15, 0.2) is 0 Å². The van der Waals surface area contributed by atoms with E-state index in [9.17, 15) is 0 Å². The number of ether oxygens (including phenoxy) is 1. The molecule has 1 N–H and O–H groups in total. The van der Waals surface area contributed by atoms with Gasteiger partial charge < -0.3 is 10.1 Å². The first-order valence-electron chi connectivity index (χ1n) is 15.0. The summed E-state index contributed by atoms with van der Waals surface area (Å²) in [6.07, 6.45) is 32.3. The van der Waals surface area contributed by atoms with Crippen molar-refractivity contribution in [3.63, 3.8) is 0 Å². The number of hydrogen-bond acceptors (Lipinski definition) is 2. The Bertz CT molecular complexity index is 1440. The second-order valence-corrected chi connectivity index (χ2v) is 12.3. The summed E-state index contributed by atoms with van der Waals surface area (Å²) in [7, 11) is 0. The zero-order valence-corrected chi connectivity index (χ0v) is 22.5. The van der Waals surface area contributed by atoms with Crippen LogP contribution >= 0.6 is 0 Å². The van der Waals surface area contributed by atoms with Crippen molar-refractivity contribution in [3.8, 4) is 0 Å². The Kier molecular flexibility index (Phi) is 5.66. The van der Waals surface area contributed by atoms with E-state index in [1.807, 2.05) is 0 Å². The van der Waals surface area contributed by atoms with Crippen molar-refractivity contribution in [2.75, 3.05) is 5.32 Å². The van der Waals surface area contributed by atoms with Crippen molar-refractivity contribution >= 4 is 5.69 Å². The molecule has 196 valence electrons. The zero-order valence-electron chi connectivity index (χ0n) is 22.5. The molecule has 2 aromatic carbocycles. The second-order valence-electron chi connectivity index (χ2n) is 12.3. The first kappa shape index (κ1) is 23.5. The molecular formula is C37H37NO. The number of benzene rings is 2. The molecule has 1 heterocycles. The van der Waals surface area contributed by atoms with E-state index in [2.05, 4.69) is 121 Å². The van der Waals surface area contributed by atoms with Gasteiger partial charge >= 0.3 is 0 Å². The smallest absolute Gasteiger partial charge is 0.0849 e. The molecule has 2 heteroatoms. The van der Waals surface area contributed by atoms with Gasteiger partial charge in [-0.05, 0) is 66.0 Å². The van der Waals surface area contributed by atoms with Crippen molar-refractivity contribution in [2.45, 2.75) is 55.6 Å². The molecule has 1 aliphatic heterocycles. The second kappa shape index (κ2) is 9.38. The predicted octanol–water partition coefficient (Wildman–Crippen LogP) is 8.38. The lowest BCUT2D eigenvalue weighted by molar-refractivity contribution is 0.0374. The van der Waals surface area contributed by atoms with Crippen LogP contribution in [-0.2, 0) is 10.2 Å². The molecule has 0 amide bonds. The molecule has 8 unspecified atom stereocenters. The average molecular weight is 512 g/mol. The summed E-state index contributed by atoms with van der Waals surface area (Å²) in [6, 6.07) is 18.5. The van der Waals surface area contributed by atoms with E-state index in [-0.39, 0.29) is 11.5 Å². The maximum absolute atomic E-state index is 6.55. The number of fused-ring (bicyclic) bond motifs is 6. The minimum Gasteiger partial charge on any atom is -0.370 e. The fraction of sp³-hybridized carbons (Fsp3) is 0.351. The Morgan fingerprint density at radius 1 is 0.821 bits per heavy atom. The molecule has 2 aromatic rings. The Hall–Kier alpha value is -3.36. The van der Waals surface area contributed by atoms with Crippen LogP contribution in [0.3, 0.4) is 0 Å². The lowest BCUT2D eigenvalue weighted by Gasteiger charge is -2.44. The molecule has 39 heavy (non-hydrogen) atoms. The maximum Gasteiger partial charge on any atom is 0.0849 e. The molecule has 6 aliphatic rings. The van der Waals surface area contributed by atoms with Gasteiger partial charge in [0.1, 0.15) is 0 Å². The molecule has 1 saturated heterocycles. The minimum absolute atomic E-state index is 0.115. The molecule has 8 atom stereocenters. The monoisotopic (exact) mass is 511 g/mol. The van der Waals surface area contributed by atoms with Gasteiger partial charge in [-0.3, -0.25) is 0 Å². The van der Waals surface area contributed by atoms with Crippen molar-refractivity contribution in [1.82, 2.24) is 0 Å². The molecule has 0 spiro atoms. The maximum atomic E-state index is 6.55. The van der Waals surface area contributed by atoms with Gasteiger partial charge in [0.25, 0.3) is 0 Å². The molecule has 0 aromatic heterocycles. The van der Waals surface area contributed by atoms with E-state index >= 15 is 0 Å². The largest absolute Gasteiger partial charge is 0.370 e. The summed E-state index contributed by atoms with van der Waals surface area (Å²) in [5.41, 5.74) is 6.81. The predicted molar refractivity (Wildman–Crippen MR) is 160 cm³/mol. The van der Waals surface area contributed by atoms with E-state index in [0.29, 0.717) is 35.7 Å². The van der Waals surface area contributed by atoms with Crippen LogP contribution in [0.15, 0.2) is 121 Å². The molecule has 5 aliphatic carbocycles. The fourth-order valence-electron chi connectivity index (χ4n) is 8.92. The highest BCUT2D eigenvalue weighted by molar-refractivity contribution is 5.64. The van der Waals surface area contributed by atoms with Crippen LogP contribution in [-0.4, -0.2) is 12.2 Å². The summed E-state index contributed by atoms with van der Waals surface area (Å²) in [5.74, 6) is 2.25. The van der Waals surface area contributed by atoms with Gasteiger partial charge in [-0.15, -0.1) is 0 Å². The topological polar surface area (TPSA) is 21.3 Å². The van der Waals surface area contributed by atoms with Crippen molar-refractivity contribution < 1.29 is 4.74 Å². The number of nitrogens with one attached hydrogen (secondary N) is 1. The quantitative estimate of drug-likeness (QED) is 0.445. The van der Waals surface area contributed by atoms with E-state index in [4.69, 9.17) is 4.74 Å². The lowest BCUT2D eigenvalue weighted by atomic mass is 9.58. The van der Waals surface area contributed by atoms with Crippen molar-refractivity contribution in [3.05, 3.63) is 138 Å². The molecule has 8 rings (SSSR count). The molecule has 2 nitrogen and oxygen atoms in total. The summed E-state index contributed by atoms with van der Waals surface area (Å²) in [5, 5.41) is 3.95. The van der Waals surface area contributed by atoms with E-state index in [0.717, 1.165) is 6.42 Å². The first-order chi connectivity index (χ1) is 19.3. The lowest BCUT2D eigenvalue weighted by Crippen LogP contribution is -2.40. The minimum atomic E-state index is -0.115. The Labute approximate surface area is 232 Å². The highest BCUT2D eigenvalue weighted by Crippen LogP contribution is 2.61. The van der Waals surface area contributed by atoms with Crippen LogP contribution in [0.2, 0.25) is 0 Å². The van der Waals surface area contributed by atoms with Gasteiger partial charge in [-0.1, -0.05) is 110 Å². The van der Waals surface area contributed by atoms with Crippen LogP contribution in [0.1, 0.15) is 54.7 Å². The molecule has 2 fully saturated rings. The number of hydrogen-bond donors (Lipinski definition) is 1. The third kappa shape index (κ3) is 3.57. The van der Waals surface area contributed by atoms with E-state index in [1.54, 1.807) is 0 Å². The van der Waals surface area contributed by atoms with Crippen LogP contribution in [0.5, 0.6) is 0 Å². The first-order valence-corrected chi connectivity index (χ1v) is 15.0. The van der Waals surface area contributed by atoms with E-state index < -0.39 is 0 Å². The average Bonchev–Trinajstić information content (AvgIpc) is 3.52. The standard InChI is InChI=1S/C37H37NO/c1-3-12-25(13-4-1)37(26-14-5-2-6-15-26)31-18-9-7-16-28(31)29-23-22-27(24-32(29)37)38-33-19-11-21-35-36(33)30-17-8-10-20-34(30)39-35/h1-7,9,11-14,16,18-19,21-24,26,28,30-31,34-36,38H,8,10,15,17,20H2. The van der Waals surface area contributed by atoms with Crippen molar-refractivity contribution in [1.29, 1.82) is 0 Å². The normalized spacial score (nSPS) is 37.1. The molecule has 0 bridgehead atoms. The van der Waals surface area contributed by atoms with Gasteiger partial charge in [0.05, 0.1) is 12.2 Å². The number of allylic oxidation sites excluding steroid dienone is 10. The fourth-order valence-corrected chi connectivity index (χ4v) is 8.92. The van der Waals surface area contributed by atoms with Gasteiger partial charge in [-0.25, -0.2) is 0 Å². The summed E-state index contributed by atoms with van der Waals surface area (Å²) in [4.78, 5) is 0.